The second-order valence-corrected chi connectivity index (χ2v) is 8.95. The zero-order chi connectivity index (χ0) is 22.6. The van der Waals surface area contributed by atoms with Gasteiger partial charge in [-0.15, -0.1) is 0 Å². The van der Waals surface area contributed by atoms with Crippen molar-refractivity contribution in [2.75, 3.05) is 26.2 Å². The molecule has 2 saturated heterocycles. The molecular weight excluding hydrogens is 418 g/mol. The molecule has 1 atom stereocenters. The Morgan fingerprint density at radius 1 is 1.06 bits per heavy atom. The summed E-state index contributed by atoms with van der Waals surface area (Å²) in [5.41, 5.74) is 2.86. The number of benzene rings is 2. The SMILES string of the molecule is O=C(CC1CCN(C(=O)c2ccc3oc(-c4ccccc4)nc3c2)CC1)NC[C@@H]1CCCO1. The van der Waals surface area contributed by atoms with Crippen molar-refractivity contribution in [1.29, 1.82) is 0 Å². The summed E-state index contributed by atoms with van der Waals surface area (Å²) >= 11 is 0. The van der Waals surface area contributed by atoms with Gasteiger partial charge >= 0.3 is 0 Å². The number of ether oxygens (including phenoxy) is 1. The van der Waals surface area contributed by atoms with Crippen LogP contribution in [0, 0.1) is 5.92 Å². The van der Waals surface area contributed by atoms with Gasteiger partial charge in [-0.1, -0.05) is 18.2 Å². The number of hydrogen-bond donors (Lipinski definition) is 1. The van der Waals surface area contributed by atoms with Gasteiger partial charge < -0.3 is 19.4 Å². The maximum Gasteiger partial charge on any atom is 0.253 e. The molecule has 7 nitrogen and oxygen atoms in total. The topological polar surface area (TPSA) is 84.7 Å². The molecule has 0 radical (unpaired) electrons. The van der Waals surface area contributed by atoms with Crippen molar-refractivity contribution in [3.63, 3.8) is 0 Å². The lowest BCUT2D eigenvalue weighted by molar-refractivity contribution is -0.122. The highest BCUT2D eigenvalue weighted by molar-refractivity contribution is 5.97. The Morgan fingerprint density at radius 3 is 2.64 bits per heavy atom. The number of piperidine rings is 1. The molecule has 0 bridgehead atoms. The van der Waals surface area contributed by atoms with Crippen molar-refractivity contribution in [1.82, 2.24) is 15.2 Å². The molecule has 33 heavy (non-hydrogen) atoms. The molecule has 5 rings (SSSR count). The van der Waals surface area contributed by atoms with Gasteiger partial charge in [-0.25, -0.2) is 4.98 Å². The van der Waals surface area contributed by atoms with E-state index >= 15 is 0 Å². The molecule has 3 heterocycles. The molecule has 0 unspecified atom stereocenters. The van der Waals surface area contributed by atoms with E-state index < -0.39 is 0 Å². The van der Waals surface area contributed by atoms with E-state index in [0.29, 0.717) is 54.5 Å². The lowest BCUT2D eigenvalue weighted by Gasteiger charge is -2.32. The average molecular weight is 448 g/mol. The van der Waals surface area contributed by atoms with Crippen molar-refractivity contribution < 1.29 is 18.7 Å². The summed E-state index contributed by atoms with van der Waals surface area (Å²) in [7, 11) is 0. The van der Waals surface area contributed by atoms with Gasteiger partial charge in [0, 0.05) is 43.8 Å². The Labute approximate surface area is 193 Å². The molecule has 0 saturated carbocycles. The van der Waals surface area contributed by atoms with Crippen LogP contribution in [0.2, 0.25) is 0 Å². The highest BCUT2D eigenvalue weighted by atomic mass is 16.5. The number of oxazole rings is 1. The Morgan fingerprint density at radius 2 is 1.88 bits per heavy atom. The predicted octanol–water partition coefficient (Wildman–Crippen LogP) is 4.03. The van der Waals surface area contributed by atoms with E-state index in [-0.39, 0.29) is 17.9 Å². The molecular formula is C26H29N3O4. The van der Waals surface area contributed by atoms with Crippen LogP contribution in [0.4, 0.5) is 0 Å². The second-order valence-electron chi connectivity index (χ2n) is 8.95. The number of rotatable bonds is 6. The fourth-order valence-electron chi connectivity index (χ4n) is 4.65. The largest absolute Gasteiger partial charge is 0.436 e. The highest BCUT2D eigenvalue weighted by Crippen LogP contribution is 2.26. The van der Waals surface area contributed by atoms with E-state index in [1.54, 1.807) is 12.1 Å². The second kappa shape index (κ2) is 9.75. The molecule has 1 N–H and O–H groups in total. The Bertz CT molecular complexity index is 1110. The zero-order valence-corrected chi connectivity index (χ0v) is 18.7. The number of carbonyl (C=O) groups is 2. The van der Waals surface area contributed by atoms with Crippen LogP contribution in [0.15, 0.2) is 52.9 Å². The first-order valence-corrected chi connectivity index (χ1v) is 11.8. The van der Waals surface area contributed by atoms with Crippen LogP contribution in [0.1, 0.15) is 42.5 Å². The van der Waals surface area contributed by atoms with Crippen LogP contribution in [-0.4, -0.2) is 54.0 Å². The van der Waals surface area contributed by atoms with E-state index in [0.717, 1.165) is 37.9 Å². The van der Waals surface area contributed by atoms with Gasteiger partial charge in [-0.3, -0.25) is 9.59 Å². The summed E-state index contributed by atoms with van der Waals surface area (Å²) in [6.45, 7) is 2.72. The first-order chi connectivity index (χ1) is 16.2. The number of aromatic nitrogens is 1. The summed E-state index contributed by atoms with van der Waals surface area (Å²) in [5.74, 6) is 0.946. The van der Waals surface area contributed by atoms with Gasteiger partial charge in [0.2, 0.25) is 11.8 Å². The number of carbonyl (C=O) groups excluding carboxylic acids is 2. The van der Waals surface area contributed by atoms with Crippen molar-refractivity contribution in [2.45, 2.75) is 38.2 Å². The van der Waals surface area contributed by atoms with Gasteiger partial charge in [0.05, 0.1) is 6.10 Å². The van der Waals surface area contributed by atoms with E-state index in [2.05, 4.69) is 10.3 Å². The minimum absolute atomic E-state index is 0.00226. The van der Waals surface area contributed by atoms with E-state index in [1.807, 2.05) is 41.3 Å². The summed E-state index contributed by atoms with van der Waals surface area (Å²) < 4.78 is 11.4. The summed E-state index contributed by atoms with van der Waals surface area (Å²) in [6.07, 6.45) is 4.45. The van der Waals surface area contributed by atoms with Crippen molar-refractivity contribution in [3.8, 4) is 11.5 Å². The van der Waals surface area contributed by atoms with Gasteiger partial charge in [0.15, 0.2) is 5.58 Å². The fraction of sp³-hybridized carbons (Fsp3) is 0.423. The number of amides is 2. The van der Waals surface area contributed by atoms with Crippen LogP contribution in [-0.2, 0) is 9.53 Å². The molecule has 7 heteroatoms. The molecule has 2 amide bonds. The fourth-order valence-corrected chi connectivity index (χ4v) is 4.65. The lowest BCUT2D eigenvalue weighted by Crippen LogP contribution is -2.40. The molecule has 0 aliphatic carbocycles. The minimum Gasteiger partial charge on any atom is -0.436 e. The quantitative estimate of drug-likeness (QED) is 0.617. The third-order valence-electron chi connectivity index (χ3n) is 6.58. The van der Waals surface area contributed by atoms with E-state index in [9.17, 15) is 9.59 Å². The van der Waals surface area contributed by atoms with Crippen LogP contribution in [0.3, 0.4) is 0 Å². The number of hydrogen-bond acceptors (Lipinski definition) is 5. The molecule has 3 aromatic rings. The average Bonchev–Trinajstić information content (AvgIpc) is 3.53. The number of nitrogens with zero attached hydrogens (tertiary/aromatic N) is 2. The number of likely N-dealkylation sites (tertiary alicyclic amines) is 1. The van der Waals surface area contributed by atoms with Gasteiger partial charge in [0.25, 0.3) is 5.91 Å². The van der Waals surface area contributed by atoms with Gasteiger partial charge in [-0.05, 0) is 61.9 Å². The lowest BCUT2D eigenvalue weighted by atomic mass is 9.92. The van der Waals surface area contributed by atoms with E-state index in [4.69, 9.17) is 9.15 Å². The monoisotopic (exact) mass is 447 g/mol. The van der Waals surface area contributed by atoms with Crippen molar-refractivity contribution in [3.05, 3.63) is 54.1 Å². The highest BCUT2D eigenvalue weighted by Gasteiger charge is 2.26. The van der Waals surface area contributed by atoms with Gasteiger partial charge in [-0.2, -0.15) is 0 Å². The van der Waals surface area contributed by atoms with E-state index in [1.165, 1.54) is 0 Å². The molecule has 1 aromatic heterocycles. The molecule has 172 valence electrons. The van der Waals surface area contributed by atoms with Crippen LogP contribution in [0.5, 0.6) is 0 Å². The Kier molecular flexibility index (Phi) is 6.39. The first kappa shape index (κ1) is 21.6. The first-order valence-electron chi connectivity index (χ1n) is 11.8. The molecule has 2 aromatic carbocycles. The molecule has 0 spiro atoms. The molecule has 2 aliphatic heterocycles. The number of fused-ring (bicyclic) bond motifs is 1. The predicted molar refractivity (Wildman–Crippen MR) is 125 cm³/mol. The molecule has 2 fully saturated rings. The maximum atomic E-state index is 13.1. The maximum absolute atomic E-state index is 13.1. The third-order valence-corrected chi connectivity index (χ3v) is 6.58. The van der Waals surface area contributed by atoms with Crippen molar-refractivity contribution >= 4 is 22.9 Å². The van der Waals surface area contributed by atoms with Crippen LogP contribution >= 0.6 is 0 Å². The van der Waals surface area contributed by atoms with Crippen LogP contribution < -0.4 is 5.32 Å². The van der Waals surface area contributed by atoms with Crippen molar-refractivity contribution in [2.24, 2.45) is 5.92 Å². The zero-order valence-electron chi connectivity index (χ0n) is 18.7. The summed E-state index contributed by atoms with van der Waals surface area (Å²) in [5, 5.41) is 3.00. The summed E-state index contributed by atoms with van der Waals surface area (Å²) in [4.78, 5) is 31.8. The summed E-state index contributed by atoms with van der Waals surface area (Å²) in [6, 6.07) is 15.1. The van der Waals surface area contributed by atoms with Gasteiger partial charge in [0.1, 0.15) is 5.52 Å². The molecule has 2 aliphatic rings. The number of nitrogens with one attached hydrogen (secondary N) is 1. The Hall–Kier alpha value is -3.19. The normalized spacial score (nSPS) is 19.2. The minimum atomic E-state index is 0.00226. The Balaban J connectivity index is 1.15. The standard InChI is InChI=1S/C26H29N3O4/c30-24(27-17-21-7-4-14-32-21)15-18-10-12-29(13-11-18)26(31)20-8-9-23-22(16-20)28-25(33-23)19-5-2-1-3-6-19/h1-3,5-6,8-9,16,18,21H,4,7,10-15,17H2,(H,27,30)/t21-/m0/s1. The smallest absolute Gasteiger partial charge is 0.253 e. The third kappa shape index (κ3) is 5.09. The van der Waals surface area contributed by atoms with Crippen LogP contribution in [0.25, 0.3) is 22.6 Å².